The van der Waals surface area contributed by atoms with Gasteiger partial charge in [0.25, 0.3) is 0 Å². The van der Waals surface area contributed by atoms with E-state index in [1.807, 2.05) is 0 Å². The highest BCUT2D eigenvalue weighted by Gasteiger charge is 2.42. The molecule has 3 N–H and O–H groups in total. The van der Waals surface area contributed by atoms with Crippen LogP contribution in [0, 0.1) is 0 Å². The van der Waals surface area contributed by atoms with Crippen LogP contribution in [0.15, 0.2) is 18.2 Å². The van der Waals surface area contributed by atoms with E-state index in [-0.39, 0.29) is 11.3 Å². The smallest absolute Gasteiger partial charge is 0.497 e. The molecular weight excluding hydrogens is 252 g/mol. The van der Waals surface area contributed by atoms with Crippen molar-refractivity contribution in [1.82, 2.24) is 0 Å². The van der Waals surface area contributed by atoms with Gasteiger partial charge in [-0.2, -0.15) is 8.78 Å². The van der Waals surface area contributed by atoms with Crippen LogP contribution in [0.4, 0.5) is 8.78 Å². The second kappa shape index (κ2) is 4.86. The van der Waals surface area contributed by atoms with Crippen LogP contribution in [0.5, 0.6) is 11.5 Å². The van der Waals surface area contributed by atoms with Gasteiger partial charge in [0.1, 0.15) is 11.5 Å². The number of amides is 1. The maximum atomic E-state index is 12.8. The Kier molecular flexibility index (Phi) is 3.70. The number of carboxylic acids is 1. The fourth-order valence-corrected chi connectivity index (χ4v) is 1.08. The molecule has 1 aromatic rings. The van der Waals surface area contributed by atoms with Crippen molar-refractivity contribution in [3.63, 3.8) is 0 Å². The molecule has 0 spiro atoms. The third-order valence-corrected chi connectivity index (χ3v) is 1.90. The average Bonchev–Trinajstić information content (AvgIpc) is 2.27. The number of carbonyl (C=O) groups excluding carboxylic acids is 1. The first-order valence-electron chi connectivity index (χ1n) is 4.55. The zero-order chi connectivity index (χ0) is 13.9. The summed E-state index contributed by atoms with van der Waals surface area (Å²) in [5.74, 6) is -3.86. The second-order valence-corrected chi connectivity index (χ2v) is 3.19. The Morgan fingerprint density at radius 1 is 1.28 bits per heavy atom. The maximum Gasteiger partial charge on any atom is 0.501 e. The number of hydrogen-bond acceptors (Lipinski definition) is 4. The van der Waals surface area contributed by atoms with E-state index in [2.05, 4.69) is 4.74 Å². The highest BCUT2D eigenvalue weighted by Crippen LogP contribution is 2.27. The quantitative estimate of drug-likeness (QED) is 0.818. The molecule has 0 aromatic heterocycles. The Bertz CT molecular complexity index is 489. The number of alkyl halides is 2. The molecule has 6 nitrogen and oxygen atoms in total. The number of rotatable bonds is 5. The van der Waals surface area contributed by atoms with E-state index >= 15 is 0 Å². The van der Waals surface area contributed by atoms with Gasteiger partial charge >= 0.3 is 12.1 Å². The highest BCUT2D eigenvalue weighted by atomic mass is 19.3. The van der Waals surface area contributed by atoms with Crippen LogP contribution in [0.2, 0.25) is 0 Å². The third kappa shape index (κ3) is 3.06. The molecule has 0 unspecified atom stereocenters. The predicted octanol–water partition coefficient (Wildman–Crippen LogP) is 0.850. The summed E-state index contributed by atoms with van der Waals surface area (Å²) >= 11 is 0. The van der Waals surface area contributed by atoms with Crippen LogP contribution >= 0.6 is 0 Å². The minimum absolute atomic E-state index is 0.0301. The molecule has 0 aliphatic heterocycles. The molecule has 0 bridgehead atoms. The number of ether oxygens (including phenoxy) is 2. The van der Waals surface area contributed by atoms with Crippen LogP contribution < -0.4 is 15.2 Å². The molecule has 0 aliphatic rings. The van der Waals surface area contributed by atoms with E-state index in [9.17, 15) is 18.4 Å². The Morgan fingerprint density at radius 3 is 2.28 bits per heavy atom. The van der Waals surface area contributed by atoms with Crippen LogP contribution in [-0.4, -0.2) is 30.2 Å². The SMILES string of the molecule is COc1cc(OC(F)(F)C(=O)O)cc(C(N)=O)c1. The maximum absolute atomic E-state index is 12.8. The molecule has 0 heterocycles. The Balaban J connectivity index is 3.13. The molecule has 1 amide bonds. The molecule has 98 valence electrons. The van der Waals surface area contributed by atoms with Crippen molar-refractivity contribution in [2.45, 2.75) is 6.11 Å². The average molecular weight is 261 g/mol. The molecule has 0 saturated carbocycles. The van der Waals surface area contributed by atoms with Gasteiger partial charge in [0.05, 0.1) is 7.11 Å². The summed E-state index contributed by atoms with van der Waals surface area (Å²) in [5, 5.41) is 8.21. The van der Waals surface area contributed by atoms with Gasteiger partial charge in [-0.1, -0.05) is 0 Å². The minimum Gasteiger partial charge on any atom is -0.497 e. The van der Waals surface area contributed by atoms with Crippen LogP contribution in [-0.2, 0) is 4.79 Å². The molecule has 18 heavy (non-hydrogen) atoms. The van der Waals surface area contributed by atoms with Crippen LogP contribution in [0.25, 0.3) is 0 Å². The summed E-state index contributed by atoms with van der Waals surface area (Å²) in [6, 6.07) is 3.10. The largest absolute Gasteiger partial charge is 0.501 e. The van der Waals surface area contributed by atoms with Crippen LogP contribution in [0.3, 0.4) is 0 Å². The van der Waals surface area contributed by atoms with Gasteiger partial charge in [0.15, 0.2) is 0 Å². The van der Waals surface area contributed by atoms with Crippen molar-refractivity contribution in [1.29, 1.82) is 0 Å². The van der Waals surface area contributed by atoms with E-state index in [4.69, 9.17) is 15.6 Å². The first kappa shape index (κ1) is 13.7. The topological polar surface area (TPSA) is 98.8 Å². The second-order valence-electron chi connectivity index (χ2n) is 3.19. The Labute approximate surface area is 99.9 Å². The Morgan fingerprint density at radius 2 is 1.83 bits per heavy atom. The van der Waals surface area contributed by atoms with Crippen molar-refractivity contribution in [3.05, 3.63) is 23.8 Å². The standard InChI is InChI=1S/C10H9F2NO5/c1-17-6-2-5(8(13)14)3-7(4-6)18-10(11,12)9(15)16/h2-4H,1H3,(H2,13,14)(H,15,16). The van der Waals surface area contributed by atoms with Gasteiger partial charge in [-0.05, 0) is 12.1 Å². The molecule has 0 radical (unpaired) electrons. The van der Waals surface area contributed by atoms with Crippen LogP contribution in [0.1, 0.15) is 10.4 Å². The molecule has 0 atom stereocenters. The molecular formula is C10H9F2NO5. The molecule has 0 aliphatic carbocycles. The lowest BCUT2D eigenvalue weighted by Gasteiger charge is -2.14. The van der Waals surface area contributed by atoms with E-state index in [1.165, 1.54) is 13.2 Å². The van der Waals surface area contributed by atoms with Crippen molar-refractivity contribution < 1.29 is 33.0 Å². The summed E-state index contributed by atoms with van der Waals surface area (Å²) in [6.45, 7) is 0. The summed E-state index contributed by atoms with van der Waals surface area (Å²) in [4.78, 5) is 21.1. The van der Waals surface area contributed by atoms with Gasteiger partial charge in [-0.15, -0.1) is 0 Å². The van der Waals surface area contributed by atoms with E-state index in [1.54, 1.807) is 0 Å². The van der Waals surface area contributed by atoms with Gasteiger partial charge in [-0.25, -0.2) is 4.79 Å². The number of halogens is 2. The van der Waals surface area contributed by atoms with Gasteiger partial charge < -0.3 is 20.3 Å². The number of methoxy groups -OCH3 is 1. The monoisotopic (exact) mass is 261 g/mol. The lowest BCUT2D eigenvalue weighted by Crippen LogP contribution is -2.34. The normalized spacial score (nSPS) is 10.8. The van der Waals surface area contributed by atoms with Gasteiger partial charge in [0, 0.05) is 11.6 Å². The first-order chi connectivity index (χ1) is 8.26. The number of nitrogens with two attached hydrogens (primary N) is 1. The summed E-state index contributed by atoms with van der Waals surface area (Å²) in [6.07, 6.45) is -4.42. The van der Waals surface area contributed by atoms with Gasteiger partial charge in [-0.3, -0.25) is 4.79 Å². The minimum atomic E-state index is -4.42. The number of primary amides is 1. The third-order valence-electron chi connectivity index (χ3n) is 1.90. The summed E-state index contributed by atoms with van der Waals surface area (Å²) in [7, 11) is 1.24. The lowest BCUT2D eigenvalue weighted by molar-refractivity contribution is -0.210. The number of carbonyl (C=O) groups is 2. The van der Waals surface area contributed by atoms with E-state index < -0.39 is 23.7 Å². The van der Waals surface area contributed by atoms with Crippen molar-refractivity contribution in [3.8, 4) is 11.5 Å². The predicted molar refractivity (Wildman–Crippen MR) is 54.7 cm³/mol. The lowest BCUT2D eigenvalue weighted by atomic mass is 10.2. The zero-order valence-corrected chi connectivity index (χ0v) is 9.15. The number of carboxylic acid groups (broad SMARTS) is 1. The number of hydrogen-bond donors (Lipinski definition) is 2. The van der Waals surface area contributed by atoms with E-state index in [0.717, 1.165) is 12.1 Å². The first-order valence-corrected chi connectivity index (χ1v) is 4.55. The highest BCUT2D eigenvalue weighted by molar-refractivity contribution is 5.93. The molecule has 1 rings (SSSR count). The van der Waals surface area contributed by atoms with Crippen molar-refractivity contribution in [2.24, 2.45) is 5.73 Å². The molecule has 8 heteroatoms. The number of benzene rings is 1. The van der Waals surface area contributed by atoms with Crippen molar-refractivity contribution in [2.75, 3.05) is 7.11 Å². The van der Waals surface area contributed by atoms with Crippen molar-refractivity contribution >= 4 is 11.9 Å². The summed E-state index contributed by atoms with van der Waals surface area (Å²) < 4.78 is 34.4. The molecule has 0 saturated heterocycles. The Hall–Kier alpha value is -2.38. The zero-order valence-electron chi connectivity index (χ0n) is 9.15. The molecule has 0 fully saturated rings. The fourth-order valence-electron chi connectivity index (χ4n) is 1.08. The number of aliphatic carboxylic acids is 1. The molecule has 1 aromatic carbocycles. The van der Waals surface area contributed by atoms with E-state index in [0.29, 0.717) is 0 Å². The summed E-state index contributed by atoms with van der Waals surface area (Å²) in [5.41, 5.74) is 4.83. The van der Waals surface area contributed by atoms with Gasteiger partial charge in [0.2, 0.25) is 5.91 Å². The fraction of sp³-hybridized carbons (Fsp3) is 0.200.